The first-order chi connectivity index (χ1) is 9.45. The van der Waals surface area contributed by atoms with Crippen LogP contribution >= 0.6 is 11.6 Å². The monoisotopic (exact) mass is 307 g/mol. The number of benzene rings is 2. The highest BCUT2D eigenvalue weighted by Gasteiger charge is 2.33. The SMILES string of the molecule is CCN1c2cc(Cl)ccc2-c2cc(C)ccc2S1(=O)=O. The van der Waals surface area contributed by atoms with Crippen LogP contribution in [-0.4, -0.2) is 15.0 Å². The molecule has 1 aliphatic rings. The largest absolute Gasteiger partial charge is 0.266 e. The second-order valence-electron chi connectivity index (χ2n) is 4.83. The van der Waals surface area contributed by atoms with Gasteiger partial charge in [-0.2, -0.15) is 0 Å². The highest BCUT2D eigenvalue weighted by atomic mass is 35.5. The highest BCUT2D eigenvalue weighted by Crippen LogP contribution is 2.44. The van der Waals surface area contributed by atoms with Crippen molar-refractivity contribution in [3.63, 3.8) is 0 Å². The number of fused-ring (bicyclic) bond motifs is 3. The molecule has 3 rings (SSSR count). The molecule has 104 valence electrons. The van der Waals surface area contributed by atoms with Crippen LogP contribution in [0.15, 0.2) is 41.3 Å². The summed E-state index contributed by atoms with van der Waals surface area (Å²) >= 11 is 6.03. The predicted octanol–water partition coefficient (Wildman–Crippen LogP) is 3.84. The lowest BCUT2D eigenvalue weighted by Crippen LogP contribution is -2.34. The lowest BCUT2D eigenvalue weighted by molar-refractivity contribution is 0.591. The maximum absolute atomic E-state index is 12.7. The van der Waals surface area contributed by atoms with Gasteiger partial charge in [-0.3, -0.25) is 4.31 Å². The van der Waals surface area contributed by atoms with Crippen LogP contribution in [0.2, 0.25) is 5.02 Å². The van der Waals surface area contributed by atoms with Crippen LogP contribution < -0.4 is 4.31 Å². The maximum atomic E-state index is 12.7. The molecule has 0 fully saturated rings. The fourth-order valence-corrected chi connectivity index (χ4v) is 4.45. The first-order valence-corrected chi connectivity index (χ1v) is 8.20. The topological polar surface area (TPSA) is 37.4 Å². The summed E-state index contributed by atoms with van der Waals surface area (Å²) in [5.74, 6) is 0. The van der Waals surface area contributed by atoms with Gasteiger partial charge in [-0.05, 0) is 38.1 Å². The minimum Gasteiger partial charge on any atom is -0.266 e. The van der Waals surface area contributed by atoms with Gasteiger partial charge in [0.05, 0.1) is 10.6 Å². The second-order valence-corrected chi connectivity index (χ2v) is 7.10. The molecule has 1 aliphatic heterocycles. The number of anilines is 1. The van der Waals surface area contributed by atoms with E-state index in [4.69, 9.17) is 11.6 Å². The smallest absolute Gasteiger partial charge is 0.264 e. The molecule has 2 aromatic rings. The number of halogens is 1. The lowest BCUT2D eigenvalue weighted by atomic mass is 10.0. The molecule has 0 bridgehead atoms. The Morgan fingerprint density at radius 3 is 2.55 bits per heavy atom. The van der Waals surface area contributed by atoms with E-state index in [0.29, 0.717) is 22.2 Å². The number of sulfonamides is 1. The Kier molecular flexibility index (Phi) is 3.03. The van der Waals surface area contributed by atoms with Crippen molar-refractivity contribution in [2.45, 2.75) is 18.7 Å². The van der Waals surface area contributed by atoms with Crippen molar-refractivity contribution >= 4 is 27.3 Å². The van der Waals surface area contributed by atoms with Crippen LogP contribution in [0, 0.1) is 6.92 Å². The summed E-state index contributed by atoms with van der Waals surface area (Å²) in [5.41, 5.74) is 3.34. The number of aryl methyl sites for hydroxylation is 1. The fourth-order valence-electron chi connectivity index (χ4n) is 2.61. The summed E-state index contributed by atoms with van der Waals surface area (Å²) in [5, 5.41) is 0.536. The Balaban J connectivity index is 2.43. The number of nitrogens with zero attached hydrogens (tertiary/aromatic N) is 1. The van der Waals surface area contributed by atoms with E-state index in [9.17, 15) is 8.42 Å². The van der Waals surface area contributed by atoms with E-state index >= 15 is 0 Å². The molecule has 0 aliphatic carbocycles. The van der Waals surface area contributed by atoms with Crippen molar-refractivity contribution in [2.24, 2.45) is 0 Å². The van der Waals surface area contributed by atoms with Gasteiger partial charge >= 0.3 is 0 Å². The summed E-state index contributed by atoms with van der Waals surface area (Å²) in [4.78, 5) is 0.361. The van der Waals surface area contributed by atoms with Gasteiger partial charge in [0.2, 0.25) is 0 Å². The summed E-state index contributed by atoms with van der Waals surface area (Å²) in [6.45, 7) is 4.15. The zero-order chi connectivity index (χ0) is 14.5. The van der Waals surface area contributed by atoms with Gasteiger partial charge in [-0.15, -0.1) is 0 Å². The summed E-state index contributed by atoms with van der Waals surface area (Å²) in [6.07, 6.45) is 0. The molecule has 0 saturated carbocycles. The van der Waals surface area contributed by atoms with E-state index < -0.39 is 10.0 Å². The van der Waals surface area contributed by atoms with Gasteiger partial charge in [0, 0.05) is 22.7 Å². The molecular weight excluding hydrogens is 294 g/mol. The van der Waals surface area contributed by atoms with Gasteiger partial charge in [0.1, 0.15) is 0 Å². The average Bonchev–Trinajstić information content (AvgIpc) is 2.38. The lowest BCUT2D eigenvalue weighted by Gasteiger charge is -2.31. The van der Waals surface area contributed by atoms with Gasteiger partial charge < -0.3 is 0 Å². The van der Waals surface area contributed by atoms with E-state index in [1.165, 1.54) is 4.31 Å². The van der Waals surface area contributed by atoms with Crippen molar-refractivity contribution in [3.8, 4) is 11.1 Å². The van der Waals surface area contributed by atoms with Crippen LogP contribution in [0.4, 0.5) is 5.69 Å². The molecule has 0 amide bonds. The molecular formula is C15H14ClNO2S. The normalized spacial score (nSPS) is 15.7. The van der Waals surface area contributed by atoms with Crippen molar-refractivity contribution in [2.75, 3.05) is 10.8 Å². The van der Waals surface area contributed by atoms with Crippen LogP contribution in [0.1, 0.15) is 12.5 Å². The molecule has 0 atom stereocenters. The van der Waals surface area contributed by atoms with Crippen LogP contribution in [-0.2, 0) is 10.0 Å². The molecule has 1 heterocycles. The third kappa shape index (κ3) is 1.83. The molecule has 0 aromatic heterocycles. The van der Waals surface area contributed by atoms with Crippen molar-refractivity contribution < 1.29 is 8.42 Å². The molecule has 3 nitrogen and oxygen atoms in total. The Labute approximate surface area is 123 Å². The average molecular weight is 308 g/mol. The molecule has 5 heteroatoms. The van der Waals surface area contributed by atoms with E-state index in [1.807, 2.05) is 32.0 Å². The third-order valence-electron chi connectivity index (χ3n) is 3.51. The molecule has 2 aromatic carbocycles. The maximum Gasteiger partial charge on any atom is 0.264 e. The van der Waals surface area contributed by atoms with Gasteiger partial charge in [-0.25, -0.2) is 8.42 Å². The summed E-state index contributed by atoms with van der Waals surface area (Å²) in [7, 11) is -3.51. The van der Waals surface area contributed by atoms with Gasteiger partial charge in [-0.1, -0.05) is 29.3 Å². The van der Waals surface area contributed by atoms with Crippen molar-refractivity contribution in [3.05, 3.63) is 47.0 Å². The molecule has 0 saturated heterocycles. The Bertz CT molecular complexity index is 800. The molecule has 0 radical (unpaired) electrons. The summed E-state index contributed by atoms with van der Waals surface area (Å²) in [6, 6.07) is 10.8. The molecule has 20 heavy (non-hydrogen) atoms. The quantitative estimate of drug-likeness (QED) is 0.802. The molecule has 0 unspecified atom stereocenters. The van der Waals surface area contributed by atoms with E-state index in [0.717, 1.165) is 16.7 Å². The number of hydrogen-bond donors (Lipinski definition) is 0. The minimum absolute atomic E-state index is 0.361. The van der Waals surface area contributed by atoms with Crippen LogP contribution in [0.5, 0.6) is 0 Å². The Hall–Kier alpha value is -1.52. The van der Waals surface area contributed by atoms with Crippen molar-refractivity contribution in [1.82, 2.24) is 0 Å². The first kappa shape index (κ1) is 13.5. The van der Waals surface area contributed by atoms with Gasteiger partial charge in [0.25, 0.3) is 10.0 Å². The van der Waals surface area contributed by atoms with Crippen LogP contribution in [0.25, 0.3) is 11.1 Å². The van der Waals surface area contributed by atoms with Crippen molar-refractivity contribution in [1.29, 1.82) is 0 Å². The summed E-state index contributed by atoms with van der Waals surface area (Å²) < 4.78 is 26.8. The number of rotatable bonds is 1. The molecule has 0 N–H and O–H groups in total. The molecule has 0 spiro atoms. The zero-order valence-electron chi connectivity index (χ0n) is 11.2. The van der Waals surface area contributed by atoms with E-state index in [-0.39, 0.29) is 0 Å². The van der Waals surface area contributed by atoms with E-state index in [2.05, 4.69) is 0 Å². The minimum atomic E-state index is -3.51. The second kappa shape index (κ2) is 4.50. The third-order valence-corrected chi connectivity index (χ3v) is 5.69. The Morgan fingerprint density at radius 2 is 1.85 bits per heavy atom. The number of hydrogen-bond acceptors (Lipinski definition) is 2. The van der Waals surface area contributed by atoms with E-state index in [1.54, 1.807) is 18.2 Å². The predicted molar refractivity (Wildman–Crippen MR) is 81.8 cm³/mol. The first-order valence-electron chi connectivity index (χ1n) is 6.38. The fraction of sp³-hybridized carbons (Fsp3) is 0.200. The highest BCUT2D eigenvalue weighted by molar-refractivity contribution is 7.93. The standard InChI is InChI=1S/C15H14ClNO2S/c1-3-17-14-9-11(16)5-6-12(14)13-8-10(2)4-7-15(13)20(17,18)19/h4-9H,3H2,1-2H3. The zero-order valence-corrected chi connectivity index (χ0v) is 12.8. The van der Waals surface area contributed by atoms with Crippen LogP contribution in [0.3, 0.4) is 0 Å². The Morgan fingerprint density at radius 1 is 1.10 bits per heavy atom. The van der Waals surface area contributed by atoms with Gasteiger partial charge in [0.15, 0.2) is 0 Å².